The molecule has 0 aromatic heterocycles. The van der Waals surface area contributed by atoms with Crippen molar-refractivity contribution in [1.29, 1.82) is 0 Å². The summed E-state index contributed by atoms with van der Waals surface area (Å²) in [6, 6.07) is 6.48. The Kier molecular flexibility index (Phi) is 12.2. The average Bonchev–Trinajstić information content (AvgIpc) is 2.69. The summed E-state index contributed by atoms with van der Waals surface area (Å²) >= 11 is 0. The first-order chi connectivity index (χ1) is 14.0. The molecule has 0 spiro atoms. The van der Waals surface area contributed by atoms with Crippen LogP contribution in [0.5, 0.6) is 5.75 Å². The van der Waals surface area contributed by atoms with E-state index < -0.39 is 17.6 Å². The van der Waals surface area contributed by atoms with Crippen LogP contribution >= 0.6 is 0 Å². The summed E-state index contributed by atoms with van der Waals surface area (Å²) in [6.45, 7) is 14.8. The van der Waals surface area contributed by atoms with E-state index in [0.29, 0.717) is 45.7 Å². The molecule has 0 N–H and O–H groups in total. The van der Waals surface area contributed by atoms with E-state index in [9.17, 15) is 0 Å². The van der Waals surface area contributed by atoms with Gasteiger partial charge >= 0.3 is 17.6 Å². The van der Waals surface area contributed by atoms with Crippen molar-refractivity contribution in [3.63, 3.8) is 0 Å². The highest BCUT2D eigenvalue weighted by molar-refractivity contribution is 6.75. The van der Waals surface area contributed by atoms with Gasteiger partial charge in [0.05, 0.1) is 7.11 Å². The van der Waals surface area contributed by atoms with Crippen LogP contribution in [-0.2, 0) is 32.6 Å². The van der Waals surface area contributed by atoms with Gasteiger partial charge in [-0.2, -0.15) is 0 Å². The highest BCUT2D eigenvalue weighted by Crippen LogP contribution is 2.25. The topological polar surface area (TPSA) is 64.6 Å². The molecule has 0 atom stereocenters. The second-order valence-corrected chi connectivity index (χ2v) is 11.2. The van der Waals surface area contributed by atoms with Crippen molar-refractivity contribution in [2.24, 2.45) is 0 Å². The van der Waals surface area contributed by atoms with Gasteiger partial charge in [-0.1, -0.05) is 12.1 Å². The number of ether oxygens (including phenoxy) is 1. The third-order valence-corrected chi connectivity index (χ3v) is 10.2. The minimum absolute atomic E-state index is 0.505. The summed E-state index contributed by atoms with van der Waals surface area (Å²) in [7, 11) is -4.21. The fourth-order valence-corrected chi connectivity index (χ4v) is 8.32. The highest BCUT2D eigenvalue weighted by Gasteiger charge is 2.45. The van der Waals surface area contributed by atoms with Crippen LogP contribution in [0.2, 0.25) is 0 Å². The lowest BCUT2D eigenvalue weighted by atomic mass is 10.2. The van der Waals surface area contributed by atoms with Gasteiger partial charge in [0.1, 0.15) is 5.75 Å². The van der Waals surface area contributed by atoms with Gasteiger partial charge in [-0.05, 0) is 53.2 Å². The third-order valence-electron chi connectivity index (χ3n) is 4.14. The van der Waals surface area contributed by atoms with Gasteiger partial charge in [0.25, 0.3) is 0 Å². The zero-order valence-electron chi connectivity index (χ0n) is 19.0. The number of benzene rings is 1. The average molecular weight is 447 g/mol. The van der Waals surface area contributed by atoms with Gasteiger partial charge in [0.15, 0.2) is 0 Å². The maximum Gasteiger partial charge on any atom is 0.537 e. The van der Waals surface area contributed by atoms with E-state index in [1.165, 1.54) is 0 Å². The fourth-order valence-electron chi connectivity index (χ4n) is 3.20. The molecule has 0 unspecified atom stereocenters. The molecular formula is C20H38O7Si2. The lowest BCUT2D eigenvalue weighted by Gasteiger charge is -2.30. The Balaban J connectivity index is 3.34. The molecular weight excluding hydrogens is 408 g/mol. The normalized spacial score (nSPS) is 12.4. The predicted octanol–water partition coefficient (Wildman–Crippen LogP) is 3.08. The molecule has 0 amide bonds. The van der Waals surface area contributed by atoms with Crippen molar-refractivity contribution in [1.82, 2.24) is 0 Å². The van der Waals surface area contributed by atoms with Crippen LogP contribution in [0.4, 0.5) is 0 Å². The van der Waals surface area contributed by atoms with Gasteiger partial charge in [-0.3, -0.25) is 0 Å². The van der Waals surface area contributed by atoms with Crippen LogP contribution in [0.25, 0.3) is 0 Å². The molecule has 1 aromatic carbocycles. The van der Waals surface area contributed by atoms with E-state index in [-0.39, 0.29) is 0 Å². The minimum atomic E-state index is -3.01. The molecule has 0 radical (unpaired) electrons. The fraction of sp³-hybridized carbons (Fsp3) is 0.700. The Morgan fingerprint density at radius 3 is 1.48 bits per heavy atom. The minimum Gasteiger partial charge on any atom is -0.496 e. The first kappa shape index (κ1) is 26.2. The molecule has 0 saturated carbocycles. The van der Waals surface area contributed by atoms with Crippen LogP contribution in [-0.4, -0.2) is 64.4 Å². The Hall–Kier alpha value is -0.786. The van der Waals surface area contributed by atoms with Crippen LogP contribution in [0.15, 0.2) is 18.2 Å². The lowest BCUT2D eigenvalue weighted by Crippen LogP contribution is -2.57. The summed E-state index contributed by atoms with van der Waals surface area (Å²) in [5.41, 5.74) is 0.964. The Bertz CT molecular complexity index is 552. The van der Waals surface area contributed by atoms with Crippen LogP contribution in [0, 0.1) is 0 Å². The molecule has 9 heteroatoms. The van der Waals surface area contributed by atoms with E-state index in [4.69, 9.17) is 31.3 Å². The molecule has 7 nitrogen and oxygen atoms in total. The van der Waals surface area contributed by atoms with Crippen molar-refractivity contribution < 1.29 is 31.3 Å². The first-order valence-corrected chi connectivity index (χ1v) is 14.2. The molecule has 0 aliphatic carbocycles. The summed E-state index contributed by atoms with van der Waals surface area (Å²) in [5, 5.41) is 0.875. The van der Waals surface area contributed by atoms with E-state index in [1.807, 2.05) is 59.7 Å². The van der Waals surface area contributed by atoms with Crippen molar-refractivity contribution in [3.05, 3.63) is 23.8 Å². The standard InChI is InChI=1S/C20H38O7Si2/c1-8-22-28(23-9-2,24-10-3)17-18-14-15-19(16-20(18)21-7)29(25-11-4,26-12-5)27-13-6/h14-16H,8-13,17H2,1-7H3. The van der Waals surface area contributed by atoms with Gasteiger partial charge < -0.3 is 31.3 Å². The Labute approximate surface area is 178 Å². The van der Waals surface area contributed by atoms with Crippen molar-refractivity contribution >= 4 is 22.8 Å². The molecule has 0 bridgehead atoms. The van der Waals surface area contributed by atoms with E-state index in [2.05, 4.69) is 0 Å². The molecule has 168 valence electrons. The SMILES string of the molecule is CCO[Si](Cc1ccc([Si](OCC)(OCC)OCC)cc1OC)(OCC)OCC. The second kappa shape index (κ2) is 13.5. The lowest BCUT2D eigenvalue weighted by molar-refractivity contribution is 0.0702. The van der Waals surface area contributed by atoms with Gasteiger partial charge in [0.2, 0.25) is 0 Å². The van der Waals surface area contributed by atoms with E-state index >= 15 is 0 Å². The number of hydrogen-bond donors (Lipinski definition) is 0. The van der Waals surface area contributed by atoms with Gasteiger partial charge in [-0.15, -0.1) is 0 Å². The van der Waals surface area contributed by atoms with Crippen LogP contribution in [0.1, 0.15) is 47.1 Å². The summed E-state index contributed by atoms with van der Waals surface area (Å²) in [4.78, 5) is 0. The summed E-state index contributed by atoms with van der Waals surface area (Å²) in [6.07, 6.45) is 0. The maximum atomic E-state index is 6.03. The highest BCUT2D eigenvalue weighted by atomic mass is 28.4. The van der Waals surface area contributed by atoms with Crippen molar-refractivity contribution in [2.75, 3.05) is 46.8 Å². The van der Waals surface area contributed by atoms with Crippen molar-refractivity contribution in [2.45, 2.75) is 47.6 Å². The Morgan fingerprint density at radius 1 is 0.655 bits per heavy atom. The molecule has 0 heterocycles. The quantitative estimate of drug-likeness (QED) is 0.362. The summed E-state index contributed by atoms with van der Waals surface area (Å²) in [5.74, 6) is 0.717. The number of methoxy groups -OCH3 is 1. The van der Waals surface area contributed by atoms with Crippen LogP contribution < -0.4 is 9.92 Å². The second-order valence-electron chi connectivity index (χ2n) is 6.04. The third kappa shape index (κ3) is 7.14. The molecule has 0 aliphatic rings. The number of rotatable bonds is 16. The smallest absolute Gasteiger partial charge is 0.496 e. The molecule has 0 saturated heterocycles. The zero-order valence-corrected chi connectivity index (χ0v) is 21.0. The Morgan fingerprint density at radius 2 is 1.10 bits per heavy atom. The van der Waals surface area contributed by atoms with Crippen LogP contribution in [0.3, 0.4) is 0 Å². The van der Waals surface area contributed by atoms with E-state index in [0.717, 1.165) is 16.5 Å². The largest absolute Gasteiger partial charge is 0.537 e. The van der Waals surface area contributed by atoms with E-state index in [1.54, 1.807) is 7.11 Å². The summed E-state index contributed by atoms with van der Waals surface area (Å²) < 4.78 is 41.8. The van der Waals surface area contributed by atoms with Gasteiger partial charge in [-0.25, -0.2) is 0 Å². The molecule has 0 fully saturated rings. The zero-order chi connectivity index (χ0) is 21.8. The maximum absolute atomic E-state index is 6.03. The van der Waals surface area contributed by atoms with Gasteiger partial charge in [0, 0.05) is 50.9 Å². The molecule has 29 heavy (non-hydrogen) atoms. The first-order valence-electron chi connectivity index (χ1n) is 10.5. The molecule has 1 aromatic rings. The molecule has 0 aliphatic heterocycles. The number of hydrogen-bond acceptors (Lipinski definition) is 7. The monoisotopic (exact) mass is 446 g/mol. The molecule has 1 rings (SSSR count). The predicted molar refractivity (Wildman–Crippen MR) is 118 cm³/mol. The van der Waals surface area contributed by atoms with Crippen molar-refractivity contribution in [3.8, 4) is 5.75 Å².